The molecule has 0 atom stereocenters. The molecule has 3 heteroatoms. The van der Waals surface area contributed by atoms with Crippen LogP contribution in [0.25, 0.3) is 0 Å². The molecular formula is C17H29N3. The lowest BCUT2D eigenvalue weighted by Gasteiger charge is -2.28. The molecule has 1 aliphatic rings. The molecule has 2 rings (SSSR count). The van der Waals surface area contributed by atoms with Gasteiger partial charge in [0.05, 0.1) is 0 Å². The average Bonchev–Trinajstić information content (AvgIpc) is 3.18. The summed E-state index contributed by atoms with van der Waals surface area (Å²) in [6, 6.07) is 5.23. The third-order valence-electron chi connectivity index (χ3n) is 3.56. The van der Waals surface area contributed by atoms with E-state index < -0.39 is 0 Å². The van der Waals surface area contributed by atoms with Gasteiger partial charge in [0.1, 0.15) is 5.82 Å². The molecule has 0 unspecified atom stereocenters. The maximum atomic E-state index is 4.78. The number of aryl methyl sites for hydroxylation is 1. The zero-order valence-electron chi connectivity index (χ0n) is 13.7. The number of hydrogen-bond acceptors (Lipinski definition) is 3. The normalized spacial score (nSPS) is 15.4. The van der Waals surface area contributed by atoms with Crippen LogP contribution in [0.5, 0.6) is 0 Å². The van der Waals surface area contributed by atoms with Crippen LogP contribution in [0.4, 0.5) is 5.82 Å². The van der Waals surface area contributed by atoms with E-state index in [2.05, 4.69) is 57.1 Å². The van der Waals surface area contributed by atoms with Gasteiger partial charge in [-0.15, -0.1) is 0 Å². The highest BCUT2D eigenvalue weighted by atomic mass is 15.2. The van der Waals surface area contributed by atoms with Crippen molar-refractivity contribution in [1.82, 2.24) is 10.3 Å². The van der Waals surface area contributed by atoms with Crippen LogP contribution in [0.15, 0.2) is 12.1 Å². The molecule has 0 radical (unpaired) electrons. The van der Waals surface area contributed by atoms with Crippen molar-refractivity contribution in [3.63, 3.8) is 0 Å². The Hall–Kier alpha value is -1.09. The molecule has 0 bridgehead atoms. The van der Waals surface area contributed by atoms with E-state index in [1.165, 1.54) is 24.1 Å². The third-order valence-corrected chi connectivity index (χ3v) is 3.56. The van der Waals surface area contributed by atoms with Crippen molar-refractivity contribution in [2.45, 2.75) is 59.5 Å². The third kappa shape index (κ3) is 4.78. The van der Waals surface area contributed by atoms with E-state index in [9.17, 15) is 0 Å². The van der Waals surface area contributed by atoms with Gasteiger partial charge < -0.3 is 10.2 Å². The van der Waals surface area contributed by atoms with Crippen molar-refractivity contribution in [2.75, 3.05) is 18.5 Å². The Morgan fingerprint density at radius 2 is 2.00 bits per heavy atom. The van der Waals surface area contributed by atoms with E-state index in [0.717, 1.165) is 31.4 Å². The Morgan fingerprint density at radius 3 is 2.55 bits per heavy atom. The summed E-state index contributed by atoms with van der Waals surface area (Å²) in [6.07, 6.45) is 3.67. The SMILES string of the molecule is CCc1cc(CNC2CC2)cc(N(C)CC(C)(C)C)n1. The van der Waals surface area contributed by atoms with Gasteiger partial charge in [-0.25, -0.2) is 4.98 Å². The van der Waals surface area contributed by atoms with Crippen LogP contribution in [-0.4, -0.2) is 24.6 Å². The lowest BCUT2D eigenvalue weighted by molar-refractivity contribution is 0.417. The van der Waals surface area contributed by atoms with Crippen molar-refractivity contribution in [3.05, 3.63) is 23.4 Å². The van der Waals surface area contributed by atoms with Crippen LogP contribution < -0.4 is 10.2 Å². The molecule has 1 aliphatic carbocycles. The summed E-state index contributed by atoms with van der Waals surface area (Å²) >= 11 is 0. The number of pyridine rings is 1. The van der Waals surface area contributed by atoms with Crippen LogP contribution in [0.3, 0.4) is 0 Å². The van der Waals surface area contributed by atoms with Crippen molar-refractivity contribution in [2.24, 2.45) is 5.41 Å². The molecule has 0 amide bonds. The molecular weight excluding hydrogens is 246 g/mol. The highest BCUT2D eigenvalue weighted by Gasteiger charge is 2.20. The number of aromatic nitrogens is 1. The van der Waals surface area contributed by atoms with Gasteiger partial charge in [-0.2, -0.15) is 0 Å². The topological polar surface area (TPSA) is 28.2 Å². The lowest BCUT2D eigenvalue weighted by Crippen LogP contribution is -2.30. The smallest absolute Gasteiger partial charge is 0.128 e. The second kappa shape index (κ2) is 6.13. The summed E-state index contributed by atoms with van der Waals surface area (Å²) in [7, 11) is 2.14. The first-order valence-electron chi connectivity index (χ1n) is 7.82. The second-order valence-electron chi connectivity index (χ2n) is 7.25. The largest absolute Gasteiger partial charge is 0.359 e. The van der Waals surface area contributed by atoms with Gasteiger partial charge >= 0.3 is 0 Å². The predicted octanol–water partition coefficient (Wildman–Crippen LogP) is 3.38. The first-order valence-corrected chi connectivity index (χ1v) is 7.82. The lowest BCUT2D eigenvalue weighted by atomic mass is 9.96. The van der Waals surface area contributed by atoms with Crippen LogP contribution >= 0.6 is 0 Å². The minimum absolute atomic E-state index is 0.283. The van der Waals surface area contributed by atoms with E-state index in [4.69, 9.17) is 4.98 Å². The Kier molecular flexibility index (Phi) is 4.69. The molecule has 1 heterocycles. The van der Waals surface area contributed by atoms with E-state index in [0.29, 0.717) is 0 Å². The van der Waals surface area contributed by atoms with Gasteiger partial charge in [-0.05, 0) is 42.4 Å². The van der Waals surface area contributed by atoms with E-state index in [1.54, 1.807) is 0 Å². The quantitative estimate of drug-likeness (QED) is 0.862. The second-order valence-corrected chi connectivity index (χ2v) is 7.25. The summed E-state index contributed by atoms with van der Waals surface area (Å²) in [5.74, 6) is 1.10. The highest BCUT2D eigenvalue weighted by Crippen LogP contribution is 2.22. The van der Waals surface area contributed by atoms with Crippen molar-refractivity contribution >= 4 is 5.82 Å². The molecule has 1 fully saturated rings. The van der Waals surface area contributed by atoms with Gasteiger partial charge in [0.25, 0.3) is 0 Å². The summed E-state index contributed by atoms with van der Waals surface area (Å²) in [5, 5.41) is 3.59. The number of rotatable bonds is 6. The summed E-state index contributed by atoms with van der Waals surface area (Å²) in [5.41, 5.74) is 2.83. The fourth-order valence-electron chi connectivity index (χ4n) is 2.45. The first-order chi connectivity index (χ1) is 9.37. The molecule has 0 spiro atoms. The van der Waals surface area contributed by atoms with E-state index in [1.807, 2.05) is 0 Å². The average molecular weight is 275 g/mol. The number of hydrogen-bond donors (Lipinski definition) is 1. The molecule has 112 valence electrons. The Labute approximate surface area is 123 Å². The molecule has 1 aromatic rings. The van der Waals surface area contributed by atoms with Gasteiger partial charge in [0, 0.05) is 31.9 Å². The van der Waals surface area contributed by atoms with Crippen LogP contribution in [0.2, 0.25) is 0 Å². The Balaban J connectivity index is 2.11. The minimum atomic E-state index is 0.283. The Morgan fingerprint density at radius 1 is 1.30 bits per heavy atom. The van der Waals surface area contributed by atoms with Crippen LogP contribution in [0.1, 0.15) is 51.8 Å². The first kappa shape index (κ1) is 15.3. The molecule has 0 aliphatic heterocycles. The fraction of sp³-hybridized carbons (Fsp3) is 0.706. The number of nitrogens with zero attached hydrogens (tertiary/aromatic N) is 2. The molecule has 0 saturated heterocycles. The molecule has 1 saturated carbocycles. The Bertz CT molecular complexity index is 444. The summed E-state index contributed by atoms with van der Waals surface area (Å²) in [4.78, 5) is 7.05. The van der Waals surface area contributed by atoms with Gasteiger partial charge in [0.2, 0.25) is 0 Å². The maximum absolute atomic E-state index is 4.78. The number of anilines is 1. The fourth-order valence-corrected chi connectivity index (χ4v) is 2.45. The monoisotopic (exact) mass is 275 g/mol. The minimum Gasteiger partial charge on any atom is -0.359 e. The van der Waals surface area contributed by atoms with Crippen molar-refractivity contribution in [3.8, 4) is 0 Å². The zero-order valence-corrected chi connectivity index (χ0v) is 13.7. The summed E-state index contributed by atoms with van der Waals surface area (Å²) in [6.45, 7) is 11.0. The van der Waals surface area contributed by atoms with Gasteiger partial charge in [0.15, 0.2) is 0 Å². The summed E-state index contributed by atoms with van der Waals surface area (Å²) < 4.78 is 0. The van der Waals surface area contributed by atoms with Crippen molar-refractivity contribution < 1.29 is 0 Å². The molecule has 1 aromatic heterocycles. The predicted molar refractivity (Wildman–Crippen MR) is 86.2 cm³/mol. The molecule has 3 nitrogen and oxygen atoms in total. The molecule has 20 heavy (non-hydrogen) atoms. The zero-order chi connectivity index (χ0) is 14.8. The van der Waals surface area contributed by atoms with E-state index in [-0.39, 0.29) is 5.41 Å². The van der Waals surface area contributed by atoms with Gasteiger partial charge in [-0.1, -0.05) is 27.7 Å². The standard InChI is InChI=1S/C17H29N3/c1-6-14-9-13(11-18-15-7-8-15)10-16(19-14)20(5)12-17(2,3)4/h9-10,15,18H,6-8,11-12H2,1-5H3. The molecule has 1 N–H and O–H groups in total. The number of nitrogens with one attached hydrogen (secondary N) is 1. The van der Waals surface area contributed by atoms with Crippen LogP contribution in [0, 0.1) is 5.41 Å². The van der Waals surface area contributed by atoms with E-state index >= 15 is 0 Å². The van der Waals surface area contributed by atoms with Crippen LogP contribution in [-0.2, 0) is 13.0 Å². The molecule has 0 aromatic carbocycles. The highest BCUT2D eigenvalue weighted by molar-refractivity contribution is 5.42. The van der Waals surface area contributed by atoms with Crippen molar-refractivity contribution in [1.29, 1.82) is 0 Å². The maximum Gasteiger partial charge on any atom is 0.128 e. The van der Waals surface area contributed by atoms with Gasteiger partial charge in [-0.3, -0.25) is 0 Å².